The molecule has 3 amide bonds. The molecule has 23 heavy (non-hydrogen) atoms. The first-order chi connectivity index (χ1) is 10.9. The number of carbonyl (C=O) groups excluding carboxylic acids is 2. The average molecular weight is 321 g/mol. The summed E-state index contributed by atoms with van der Waals surface area (Å²) in [4.78, 5) is 23.7. The smallest absolute Gasteiger partial charge is 0.319 e. The summed E-state index contributed by atoms with van der Waals surface area (Å²) in [5.74, 6) is -0.164. The summed E-state index contributed by atoms with van der Waals surface area (Å²) in [5, 5.41) is 8.28. The lowest BCUT2D eigenvalue weighted by Crippen LogP contribution is -2.34. The number of urea groups is 1. The van der Waals surface area contributed by atoms with Crippen LogP contribution in [0.3, 0.4) is 0 Å². The second-order valence-electron chi connectivity index (χ2n) is 5.86. The Balaban J connectivity index is 2.45. The molecule has 0 fully saturated rings. The number of hydrogen-bond acceptors (Lipinski definition) is 3. The molecule has 0 heterocycles. The fourth-order valence-electron chi connectivity index (χ4n) is 1.86. The number of carbonyl (C=O) groups is 2. The number of anilines is 1. The van der Waals surface area contributed by atoms with Crippen LogP contribution in [0.5, 0.6) is 0 Å². The summed E-state index contributed by atoms with van der Waals surface area (Å²) in [6.07, 6.45) is 0.962. The summed E-state index contributed by atoms with van der Waals surface area (Å²) < 4.78 is 5.42. The van der Waals surface area contributed by atoms with Gasteiger partial charge in [0, 0.05) is 30.4 Å². The maximum absolute atomic E-state index is 12.1. The first-order valence-corrected chi connectivity index (χ1v) is 7.96. The van der Waals surface area contributed by atoms with Crippen LogP contribution in [0, 0.1) is 0 Å². The second kappa shape index (κ2) is 9.84. The Morgan fingerprint density at radius 2 is 1.91 bits per heavy atom. The van der Waals surface area contributed by atoms with Gasteiger partial charge < -0.3 is 20.7 Å². The SMILES string of the molecule is CC(C)NC(=O)Nc1cccc(C(=O)NCCCOC(C)C)c1. The van der Waals surface area contributed by atoms with Crippen molar-refractivity contribution in [2.75, 3.05) is 18.5 Å². The number of rotatable bonds is 8. The molecule has 0 atom stereocenters. The third-order valence-electron chi connectivity index (χ3n) is 2.86. The third-order valence-corrected chi connectivity index (χ3v) is 2.86. The van der Waals surface area contributed by atoms with Gasteiger partial charge in [-0.15, -0.1) is 0 Å². The molecule has 0 aromatic heterocycles. The van der Waals surface area contributed by atoms with Crippen molar-refractivity contribution >= 4 is 17.6 Å². The first kappa shape index (κ1) is 19.0. The normalized spacial score (nSPS) is 10.7. The monoisotopic (exact) mass is 321 g/mol. The molecule has 128 valence electrons. The Morgan fingerprint density at radius 1 is 1.17 bits per heavy atom. The van der Waals surface area contributed by atoms with Crippen LogP contribution in [0.2, 0.25) is 0 Å². The zero-order valence-corrected chi connectivity index (χ0v) is 14.3. The number of amides is 3. The molecule has 6 heteroatoms. The molecule has 6 nitrogen and oxygen atoms in total. The standard InChI is InChI=1S/C17H27N3O3/c1-12(2)19-17(22)20-15-8-5-7-14(11-15)16(21)18-9-6-10-23-13(3)4/h5,7-8,11-13H,6,9-10H2,1-4H3,(H,18,21)(H2,19,20,22). The van der Waals surface area contributed by atoms with Gasteiger partial charge >= 0.3 is 6.03 Å². The molecule has 1 aromatic carbocycles. The van der Waals surface area contributed by atoms with Gasteiger partial charge in [-0.2, -0.15) is 0 Å². The zero-order chi connectivity index (χ0) is 17.2. The largest absolute Gasteiger partial charge is 0.379 e. The van der Waals surface area contributed by atoms with Crippen molar-refractivity contribution in [2.24, 2.45) is 0 Å². The minimum atomic E-state index is -0.289. The Morgan fingerprint density at radius 3 is 2.57 bits per heavy atom. The van der Waals surface area contributed by atoms with Crippen molar-refractivity contribution in [3.05, 3.63) is 29.8 Å². The summed E-state index contributed by atoms with van der Waals surface area (Å²) in [6.45, 7) is 8.89. The summed E-state index contributed by atoms with van der Waals surface area (Å²) in [5.41, 5.74) is 1.09. The van der Waals surface area contributed by atoms with Crippen molar-refractivity contribution in [3.63, 3.8) is 0 Å². The topological polar surface area (TPSA) is 79.5 Å². The molecule has 0 aliphatic rings. The van der Waals surface area contributed by atoms with Gasteiger partial charge in [0.2, 0.25) is 0 Å². The van der Waals surface area contributed by atoms with E-state index in [1.807, 2.05) is 27.7 Å². The van der Waals surface area contributed by atoms with Gasteiger partial charge in [0.25, 0.3) is 5.91 Å². The fourth-order valence-corrected chi connectivity index (χ4v) is 1.86. The van der Waals surface area contributed by atoms with Gasteiger partial charge in [-0.05, 0) is 52.3 Å². The van der Waals surface area contributed by atoms with Crippen molar-refractivity contribution < 1.29 is 14.3 Å². The van der Waals surface area contributed by atoms with Crippen LogP contribution >= 0.6 is 0 Å². The highest BCUT2D eigenvalue weighted by Crippen LogP contribution is 2.10. The molecule has 0 unspecified atom stereocenters. The number of hydrogen-bond donors (Lipinski definition) is 3. The molecule has 0 spiro atoms. The lowest BCUT2D eigenvalue weighted by molar-refractivity contribution is 0.0757. The van der Waals surface area contributed by atoms with Crippen LogP contribution in [0.25, 0.3) is 0 Å². The van der Waals surface area contributed by atoms with E-state index >= 15 is 0 Å². The van der Waals surface area contributed by atoms with Crippen LogP contribution in [-0.2, 0) is 4.74 Å². The van der Waals surface area contributed by atoms with Crippen molar-refractivity contribution in [1.82, 2.24) is 10.6 Å². The predicted molar refractivity (Wildman–Crippen MR) is 91.8 cm³/mol. The molecule has 1 aromatic rings. The van der Waals surface area contributed by atoms with E-state index in [9.17, 15) is 9.59 Å². The van der Waals surface area contributed by atoms with Gasteiger partial charge in [0.05, 0.1) is 6.10 Å². The quantitative estimate of drug-likeness (QED) is 0.644. The van der Waals surface area contributed by atoms with Gasteiger partial charge in [-0.1, -0.05) is 6.07 Å². The van der Waals surface area contributed by atoms with Crippen LogP contribution in [0.4, 0.5) is 10.5 Å². The van der Waals surface area contributed by atoms with E-state index in [1.54, 1.807) is 24.3 Å². The lowest BCUT2D eigenvalue weighted by Gasteiger charge is -2.11. The van der Waals surface area contributed by atoms with Crippen molar-refractivity contribution in [3.8, 4) is 0 Å². The molecule has 0 saturated carbocycles. The van der Waals surface area contributed by atoms with E-state index in [4.69, 9.17) is 4.74 Å². The summed E-state index contributed by atoms with van der Waals surface area (Å²) >= 11 is 0. The zero-order valence-electron chi connectivity index (χ0n) is 14.3. The van der Waals surface area contributed by atoms with Crippen LogP contribution in [-0.4, -0.2) is 37.2 Å². The van der Waals surface area contributed by atoms with Crippen LogP contribution in [0.15, 0.2) is 24.3 Å². The average Bonchev–Trinajstić information content (AvgIpc) is 2.45. The van der Waals surface area contributed by atoms with E-state index in [1.165, 1.54) is 0 Å². The highest BCUT2D eigenvalue weighted by Gasteiger charge is 2.08. The van der Waals surface area contributed by atoms with Crippen molar-refractivity contribution in [1.29, 1.82) is 0 Å². The molecule has 0 aliphatic carbocycles. The minimum absolute atomic E-state index is 0.0505. The van der Waals surface area contributed by atoms with Crippen LogP contribution in [0.1, 0.15) is 44.5 Å². The third kappa shape index (κ3) is 8.21. The van der Waals surface area contributed by atoms with Crippen molar-refractivity contribution in [2.45, 2.75) is 46.3 Å². The van der Waals surface area contributed by atoms with Gasteiger partial charge in [0.1, 0.15) is 0 Å². The molecular weight excluding hydrogens is 294 g/mol. The molecule has 0 aliphatic heterocycles. The Kier molecular flexibility index (Phi) is 8.11. The number of benzene rings is 1. The molecule has 0 bridgehead atoms. The highest BCUT2D eigenvalue weighted by molar-refractivity contribution is 5.96. The van der Waals surface area contributed by atoms with E-state index in [-0.39, 0.29) is 24.1 Å². The van der Waals surface area contributed by atoms with Gasteiger partial charge in [0.15, 0.2) is 0 Å². The van der Waals surface area contributed by atoms with Crippen LogP contribution < -0.4 is 16.0 Å². The maximum atomic E-state index is 12.1. The summed E-state index contributed by atoms with van der Waals surface area (Å²) in [6, 6.07) is 6.61. The van der Waals surface area contributed by atoms with E-state index in [0.29, 0.717) is 24.4 Å². The second-order valence-corrected chi connectivity index (χ2v) is 5.86. The molecular formula is C17H27N3O3. The van der Waals surface area contributed by atoms with Gasteiger partial charge in [-0.25, -0.2) is 4.79 Å². The number of nitrogens with one attached hydrogen (secondary N) is 3. The Hall–Kier alpha value is -2.08. The number of ether oxygens (including phenoxy) is 1. The van der Waals surface area contributed by atoms with E-state index in [0.717, 1.165) is 6.42 Å². The molecule has 0 saturated heterocycles. The maximum Gasteiger partial charge on any atom is 0.319 e. The molecule has 0 radical (unpaired) electrons. The molecule has 3 N–H and O–H groups in total. The summed E-state index contributed by atoms with van der Waals surface area (Å²) in [7, 11) is 0. The van der Waals surface area contributed by atoms with Gasteiger partial charge in [-0.3, -0.25) is 4.79 Å². The van der Waals surface area contributed by atoms with E-state index in [2.05, 4.69) is 16.0 Å². The Labute approximate surface area is 138 Å². The predicted octanol–water partition coefficient (Wildman–Crippen LogP) is 2.76. The Bertz CT molecular complexity index is 516. The molecule has 1 rings (SSSR count). The lowest BCUT2D eigenvalue weighted by atomic mass is 10.2. The first-order valence-electron chi connectivity index (χ1n) is 7.96. The fraction of sp³-hybridized carbons (Fsp3) is 0.529. The highest BCUT2D eigenvalue weighted by atomic mass is 16.5. The van der Waals surface area contributed by atoms with E-state index < -0.39 is 0 Å². The minimum Gasteiger partial charge on any atom is -0.379 e.